The molecule has 178 valence electrons. The molecule has 9 atom stereocenters. The summed E-state index contributed by atoms with van der Waals surface area (Å²) in [7, 11) is 0. The highest BCUT2D eigenvalue weighted by atomic mass is 32.1. The molecule has 32 heavy (non-hydrogen) atoms. The average molecular weight is 465 g/mol. The van der Waals surface area contributed by atoms with Gasteiger partial charge < -0.3 is 9.84 Å². The number of carboxylic acids is 1. The maximum Gasteiger partial charge on any atom is 0.344 e. The first-order chi connectivity index (χ1) is 15.2. The first-order valence-corrected chi connectivity index (χ1v) is 12.9. The van der Waals surface area contributed by atoms with Crippen molar-refractivity contribution in [1.82, 2.24) is 0 Å². The van der Waals surface area contributed by atoms with Gasteiger partial charge in [0.15, 0.2) is 0 Å². The Morgan fingerprint density at radius 3 is 2.62 bits per heavy atom. The molecule has 0 aromatic heterocycles. The summed E-state index contributed by atoms with van der Waals surface area (Å²) in [5, 5.41) is 9.31. The van der Waals surface area contributed by atoms with E-state index in [-0.39, 0.29) is 57.2 Å². The molecule has 0 spiro atoms. The Bertz CT molecular complexity index is 849. The molecule has 0 amide bonds. The van der Waals surface area contributed by atoms with Crippen LogP contribution in [0.15, 0.2) is 0 Å². The summed E-state index contributed by atoms with van der Waals surface area (Å²) >= 11 is 0.0958. The Labute approximate surface area is 193 Å². The Morgan fingerprint density at radius 1 is 1.22 bits per heavy atom. The monoisotopic (exact) mass is 464 g/mol. The number of Topliss-reactive ketones (excluding diaryl/α,β-unsaturated/α-hetero) is 1. The van der Waals surface area contributed by atoms with E-state index in [9.17, 15) is 23.7 Å². The van der Waals surface area contributed by atoms with Crippen molar-refractivity contribution in [1.29, 1.82) is 0 Å². The van der Waals surface area contributed by atoms with E-state index in [4.69, 9.17) is 4.74 Å². The minimum atomic E-state index is -1.11. The van der Waals surface area contributed by atoms with Crippen molar-refractivity contribution in [2.45, 2.75) is 84.7 Å². The molecule has 0 heterocycles. The van der Waals surface area contributed by atoms with Gasteiger partial charge in [-0.3, -0.25) is 9.59 Å². The second-order valence-corrected chi connectivity index (χ2v) is 12.1. The van der Waals surface area contributed by atoms with Crippen molar-refractivity contribution in [2.75, 3.05) is 0 Å². The molecule has 0 radical (unpaired) electrons. The van der Waals surface area contributed by atoms with E-state index in [0.717, 1.165) is 44.9 Å². The van der Waals surface area contributed by atoms with Crippen molar-refractivity contribution in [3.05, 3.63) is 0 Å². The zero-order valence-corrected chi connectivity index (χ0v) is 20.2. The third kappa shape index (κ3) is 3.68. The van der Waals surface area contributed by atoms with Crippen LogP contribution in [0.3, 0.4) is 0 Å². The number of ether oxygens (including phenoxy) is 1. The third-order valence-corrected chi connectivity index (χ3v) is 10.7. The van der Waals surface area contributed by atoms with E-state index >= 15 is 0 Å². The van der Waals surface area contributed by atoms with E-state index in [2.05, 4.69) is 20.8 Å². The quantitative estimate of drug-likeness (QED) is 0.473. The van der Waals surface area contributed by atoms with Gasteiger partial charge in [0.25, 0.3) is 6.47 Å². The number of aliphatic carboxylic acids is 1. The minimum Gasteiger partial charge on any atom is -0.477 e. The van der Waals surface area contributed by atoms with Gasteiger partial charge in [-0.15, -0.1) is 0 Å². The molecular weight excluding hydrogens is 428 g/mol. The summed E-state index contributed by atoms with van der Waals surface area (Å²) in [6.07, 6.45) is 7.71. The lowest BCUT2D eigenvalue weighted by atomic mass is 9.44. The van der Waals surface area contributed by atoms with E-state index in [0.29, 0.717) is 36.4 Å². The van der Waals surface area contributed by atoms with Crippen LogP contribution in [0.25, 0.3) is 0 Å². The predicted octanol–water partition coefficient (Wildman–Crippen LogP) is 3.86. The van der Waals surface area contributed by atoms with E-state index < -0.39 is 5.97 Å². The second kappa shape index (κ2) is 8.69. The topological polar surface area (TPSA) is 97.7 Å². The molecule has 0 bridgehead atoms. The fourth-order valence-electron chi connectivity index (χ4n) is 8.80. The molecular formula is C25H36O6S. The summed E-state index contributed by atoms with van der Waals surface area (Å²) in [6.45, 7) is 7.18. The molecule has 7 heteroatoms. The number of carbonyl (C=O) groups excluding carboxylic acids is 2. The highest BCUT2D eigenvalue weighted by Gasteiger charge is 2.63. The number of carboxylic acid groups (broad SMARTS) is 1. The first-order valence-electron chi connectivity index (χ1n) is 12.2. The van der Waals surface area contributed by atoms with Gasteiger partial charge in [-0.2, -0.15) is 0 Å². The maximum atomic E-state index is 13.8. The van der Waals surface area contributed by atoms with Crippen LogP contribution in [0.5, 0.6) is 0 Å². The van der Waals surface area contributed by atoms with Crippen molar-refractivity contribution in [2.24, 2.45) is 46.3 Å². The standard InChI is InChI=1S/C25H36O6S/c1-14(10-21(32-30)23(28)29)18-6-7-19-17-5-4-15-11-16(31-13-26)8-9-24(15,2)22(17)20(27)12-25(18,19)3/h13-19,22H,4-12H2,1-3H3,(H,28,29)/t14-,15-,16-,17+,18-,19+,22-,24+,25-/m1/s1. The van der Waals surface area contributed by atoms with Gasteiger partial charge >= 0.3 is 5.97 Å². The molecule has 4 aliphatic rings. The van der Waals surface area contributed by atoms with Gasteiger partial charge in [0.1, 0.15) is 16.8 Å². The first kappa shape index (κ1) is 23.7. The van der Waals surface area contributed by atoms with Gasteiger partial charge in [0.2, 0.25) is 0 Å². The lowest BCUT2D eigenvalue weighted by molar-refractivity contribution is -0.166. The molecule has 4 rings (SSSR count). The van der Waals surface area contributed by atoms with Crippen molar-refractivity contribution in [3.8, 4) is 0 Å². The molecule has 4 fully saturated rings. The SMILES string of the molecule is C[C@H](CC(=S=O)C(=O)O)[C@H]1CC[C@H]2[C@@H]3CC[C@@H]4C[C@H](OC=O)CC[C@]4(C)[C@H]3C(=O)C[C@]12C. The number of fused-ring (bicyclic) bond motifs is 5. The molecule has 4 saturated carbocycles. The van der Waals surface area contributed by atoms with Crippen molar-refractivity contribution >= 4 is 34.3 Å². The van der Waals surface area contributed by atoms with Crippen LogP contribution in [0.4, 0.5) is 0 Å². The van der Waals surface area contributed by atoms with Crippen LogP contribution in [-0.2, 0) is 30.4 Å². The molecule has 4 aliphatic carbocycles. The smallest absolute Gasteiger partial charge is 0.344 e. The fraction of sp³-hybridized carbons (Fsp3) is 0.840. The van der Waals surface area contributed by atoms with Gasteiger partial charge in [-0.25, -0.2) is 9.00 Å². The van der Waals surface area contributed by atoms with E-state index in [1.807, 2.05) is 0 Å². The summed E-state index contributed by atoms with van der Waals surface area (Å²) in [4.78, 5) is 35.9. The van der Waals surface area contributed by atoms with Gasteiger partial charge in [-0.05, 0) is 91.8 Å². The number of rotatable bonds is 6. The number of hydrogen-bond acceptors (Lipinski definition) is 5. The van der Waals surface area contributed by atoms with E-state index in [1.54, 1.807) is 0 Å². The van der Waals surface area contributed by atoms with Gasteiger partial charge in [0.05, 0.1) is 11.3 Å². The summed E-state index contributed by atoms with van der Waals surface area (Å²) in [6, 6.07) is 0. The Morgan fingerprint density at radius 2 is 1.97 bits per heavy atom. The lowest BCUT2D eigenvalue weighted by Crippen LogP contribution is -2.58. The number of ketones is 1. The fourth-order valence-corrected chi connectivity index (χ4v) is 9.20. The van der Waals surface area contributed by atoms with Crippen LogP contribution < -0.4 is 0 Å². The van der Waals surface area contributed by atoms with Crippen molar-refractivity contribution in [3.63, 3.8) is 0 Å². The van der Waals surface area contributed by atoms with Crippen LogP contribution in [0.2, 0.25) is 0 Å². The second-order valence-electron chi connectivity index (χ2n) is 11.5. The lowest BCUT2D eigenvalue weighted by Gasteiger charge is -2.60. The molecule has 0 aromatic rings. The van der Waals surface area contributed by atoms with Gasteiger partial charge in [-0.1, -0.05) is 20.8 Å². The zero-order valence-electron chi connectivity index (χ0n) is 19.4. The molecule has 0 aromatic carbocycles. The van der Waals surface area contributed by atoms with Crippen LogP contribution >= 0.6 is 0 Å². The van der Waals surface area contributed by atoms with Crippen LogP contribution in [0, 0.1) is 46.3 Å². The highest BCUT2D eigenvalue weighted by molar-refractivity contribution is 7.68. The molecule has 0 saturated heterocycles. The largest absolute Gasteiger partial charge is 0.477 e. The zero-order chi connectivity index (χ0) is 23.3. The predicted molar refractivity (Wildman–Crippen MR) is 121 cm³/mol. The normalized spacial score (nSPS) is 43.9. The summed E-state index contributed by atoms with van der Waals surface area (Å²) in [5.74, 6) is 0.989. The number of hydrogen-bond donors (Lipinski definition) is 1. The third-order valence-electron chi connectivity index (χ3n) is 10.2. The van der Waals surface area contributed by atoms with Crippen molar-refractivity contribution < 1.29 is 28.4 Å². The Balaban J connectivity index is 1.56. The summed E-state index contributed by atoms with van der Waals surface area (Å²) < 4.78 is 16.6. The van der Waals surface area contributed by atoms with Crippen LogP contribution in [-0.4, -0.2) is 38.5 Å². The average Bonchev–Trinajstić information content (AvgIpc) is 3.08. The molecule has 1 N–H and O–H groups in total. The maximum absolute atomic E-state index is 13.8. The summed E-state index contributed by atoms with van der Waals surface area (Å²) in [5.41, 5.74) is -0.132. The Kier molecular flexibility index (Phi) is 6.43. The molecule has 6 nitrogen and oxygen atoms in total. The van der Waals surface area contributed by atoms with Crippen LogP contribution in [0.1, 0.15) is 78.6 Å². The number of carbonyl (C=O) groups is 3. The Hall–Kier alpha value is -1.50. The minimum absolute atomic E-state index is 0.0126. The molecule has 0 aliphatic heterocycles. The van der Waals surface area contributed by atoms with Gasteiger partial charge in [0, 0.05) is 12.3 Å². The molecule has 0 unspecified atom stereocenters. The van der Waals surface area contributed by atoms with E-state index in [1.165, 1.54) is 0 Å². The highest BCUT2D eigenvalue weighted by Crippen LogP contribution is 2.67.